The summed E-state index contributed by atoms with van der Waals surface area (Å²) in [6.07, 6.45) is 3.79. The second kappa shape index (κ2) is 6.05. The molecule has 1 aromatic carbocycles. The van der Waals surface area contributed by atoms with E-state index in [0.717, 1.165) is 16.3 Å². The van der Waals surface area contributed by atoms with Gasteiger partial charge in [0.05, 0.1) is 40.1 Å². The number of hydrogen-bond donors (Lipinski definition) is 0. The van der Waals surface area contributed by atoms with E-state index < -0.39 is 5.97 Å². The monoisotopic (exact) mass is 393 g/mol. The van der Waals surface area contributed by atoms with Crippen LogP contribution in [0.25, 0.3) is 0 Å². The number of benzene rings is 1. The van der Waals surface area contributed by atoms with Gasteiger partial charge in [-0.25, -0.2) is 0 Å². The van der Waals surface area contributed by atoms with Gasteiger partial charge in [0.15, 0.2) is 0 Å². The fourth-order valence-corrected chi connectivity index (χ4v) is 5.40. The maximum Gasteiger partial charge on any atom is 0.254 e. The molecule has 0 spiro atoms. The van der Waals surface area contributed by atoms with Crippen LogP contribution in [0.5, 0.6) is 0 Å². The van der Waals surface area contributed by atoms with Crippen molar-refractivity contribution in [3.8, 4) is 0 Å². The number of carboxylic acids is 1. The Hall–Kier alpha value is -2.02. The van der Waals surface area contributed by atoms with Gasteiger partial charge in [0.25, 0.3) is 5.00 Å². The van der Waals surface area contributed by atoms with Crippen molar-refractivity contribution in [2.45, 2.75) is 6.54 Å². The quantitative estimate of drug-likeness (QED) is 0.580. The van der Waals surface area contributed by atoms with Gasteiger partial charge in [-0.1, -0.05) is 29.8 Å². The SMILES string of the molecule is C[s+]1cc(C(=O)[O-])c2c1N1CN(Cl)C=C1C(c1ccccc1Cl)=NC2. The Morgan fingerprint density at radius 2 is 2.12 bits per heavy atom. The van der Waals surface area contributed by atoms with E-state index in [2.05, 4.69) is 0 Å². The molecule has 4 rings (SSSR count). The fraction of sp³-hybridized carbons (Fsp3) is 0.176. The second-order valence-electron chi connectivity index (χ2n) is 5.79. The molecule has 2 aliphatic heterocycles. The van der Waals surface area contributed by atoms with Gasteiger partial charge < -0.3 is 9.90 Å². The van der Waals surface area contributed by atoms with Gasteiger partial charge in [-0.05, 0) is 16.5 Å². The molecule has 0 N–H and O–H groups in total. The highest BCUT2D eigenvalue weighted by Gasteiger charge is 2.38. The second-order valence-corrected chi connectivity index (χ2v) is 8.37. The van der Waals surface area contributed by atoms with Gasteiger partial charge in [-0.15, -0.1) is 0 Å². The summed E-state index contributed by atoms with van der Waals surface area (Å²) in [6.45, 7) is 0.688. The van der Waals surface area contributed by atoms with Crippen molar-refractivity contribution >= 4 is 50.5 Å². The van der Waals surface area contributed by atoms with Crippen molar-refractivity contribution in [3.05, 3.63) is 63.3 Å². The summed E-state index contributed by atoms with van der Waals surface area (Å²) in [7, 11) is -0.363. The Morgan fingerprint density at radius 3 is 2.84 bits per heavy atom. The molecule has 0 bridgehead atoms. The Bertz CT molecular complexity index is 951. The molecule has 5 nitrogen and oxygen atoms in total. The van der Waals surface area contributed by atoms with Crippen LogP contribution in [0.15, 0.2) is 46.5 Å². The molecule has 0 amide bonds. The van der Waals surface area contributed by atoms with Crippen molar-refractivity contribution in [2.24, 2.45) is 11.2 Å². The third-order valence-electron chi connectivity index (χ3n) is 4.24. The highest BCUT2D eigenvalue weighted by atomic mass is 35.5. The average molecular weight is 394 g/mol. The predicted molar refractivity (Wildman–Crippen MR) is 99.0 cm³/mol. The van der Waals surface area contributed by atoms with Crippen molar-refractivity contribution < 1.29 is 9.90 Å². The van der Waals surface area contributed by atoms with E-state index in [0.29, 0.717) is 23.0 Å². The molecule has 2 aromatic rings. The fourth-order valence-electron chi connectivity index (χ4n) is 3.21. The van der Waals surface area contributed by atoms with E-state index in [1.165, 1.54) is 4.42 Å². The number of thiophene rings is 1. The van der Waals surface area contributed by atoms with Crippen molar-refractivity contribution in [3.63, 3.8) is 0 Å². The zero-order valence-corrected chi connectivity index (χ0v) is 15.5. The standard InChI is InChI=1S/C17H13Cl2N3O2S/c1-25-8-12(17(23)24)11-6-20-15(10-4-2-3-5-13(10)18)14-7-21(19)9-22(14)16(11)25/h2-5,7-8H,6,9H2,1H3. The number of carboxylic acid groups (broad SMARTS) is 1. The first kappa shape index (κ1) is 16.4. The number of halogens is 2. The minimum atomic E-state index is -1.17. The highest BCUT2D eigenvalue weighted by Crippen LogP contribution is 2.45. The number of carbonyl (C=O) groups excluding carboxylic acids is 1. The zero-order valence-electron chi connectivity index (χ0n) is 13.2. The lowest BCUT2D eigenvalue weighted by Gasteiger charge is -2.18. The summed E-state index contributed by atoms with van der Waals surface area (Å²) in [5.41, 5.74) is 3.23. The Kier molecular flexibility index (Phi) is 3.98. The molecule has 0 radical (unpaired) electrons. The van der Waals surface area contributed by atoms with Crippen LogP contribution >= 0.6 is 33.8 Å². The van der Waals surface area contributed by atoms with Crippen LogP contribution in [0.3, 0.4) is 0 Å². The van der Waals surface area contributed by atoms with Crippen LogP contribution < -0.4 is 10.0 Å². The largest absolute Gasteiger partial charge is 0.545 e. The van der Waals surface area contributed by atoms with Gasteiger partial charge in [-0.3, -0.25) is 14.3 Å². The van der Waals surface area contributed by atoms with Crippen LogP contribution in [-0.4, -0.2) is 22.8 Å². The molecule has 1 atom stereocenters. The van der Waals surface area contributed by atoms with E-state index in [1.54, 1.807) is 17.6 Å². The molecule has 128 valence electrons. The van der Waals surface area contributed by atoms with Crippen molar-refractivity contribution in [1.29, 1.82) is 0 Å². The third-order valence-corrected chi connectivity index (χ3v) is 6.44. The predicted octanol–water partition coefficient (Wildman–Crippen LogP) is 3.07. The summed E-state index contributed by atoms with van der Waals surface area (Å²) in [6, 6.07) is 7.46. The summed E-state index contributed by atoms with van der Waals surface area (Å²) >= 11 is 12.6. The lowest BCUT2D eigenvalue weighted by molar-refractivity contribution is -0.255. The van der Waals surface area contributed by atoms with Crippen LogP contribution in [0, 0.1) is 0 Å². The van der Waals surface area contributed by atoms with Gasteiger partial charge >= 0.3 is 0 Å². The summed E-state index contributed by atoms with van der Waals surface area (Å²) < 4.78 is 1.53. The van der Waals surface area contributed by atoms with Gasteiger partial charge in [-0.2, -0.15) is 0 Å². The number of nitrogens with zero attached hydrogens (tertiary/aromatic N) is 3. The molecule has 0 fully saturated rings. The van der Waals surface area contributed by atoms with Crippen LogP contribution in [-0.2, 0) is 12.8 Å². The first-order valence-corrected chi connectivity index (χ1v) is 9.91. The number of aromatic carboxylic acids is 1. The topological polar surface area (TPSA) is 59.0 Å². The van der Waals surface area contributed by atoms with Crippen molar-refractivity contribution in [1.82, 2.24) is 4.42 Å². The maximum atomic E-state index is 11.5. The highest BCUT2D eigenvalue weighted by molar-refractivity contribution is 7.32. The van der Waals surface area contributed by atoms with Gasteiger partial charge in [0.1, 0.15) is 18.3 Å². The normalized spacial score (nSPS) is 16.8. The van der Waals surface area contributed by atoms with Crippen LogP contribution in [0.4, 0.5) is 5.00 Å². The molecule has 3 heterocycles. The molecular formula is C17H13Cl2N3O2S. The average Bonchev–Trinajstić information content (AvgIpc) is 3.05. The summed E-state index contributed by atoms with van der Waals surface area (Å²) in [4.78, 5) is 18.2. The molecular weight excluding hydrogens is 381 g/mol. The minimum absolute atomic E-state index is 0.220. The summed E-state index contributed by atoms with van der Waals surface area (Å²) in [5, 5.41) is 14.8. The molecule has 1 unspecified atom stereocenters. The Labute approximate surface area is 157 Å². The number of aryl methyl sites for hydroxylation is 1. The molecule has 8 heteroatoms. The third kappa shape index (κ3) is 2.61. The number of anilines is 1. The zero-order chi connectivity index (χ0) is 17.7. The molecule has 2 aliphatic rings. The van der Waals surface area contributed by atoms with E-state index >= 15 is 0 Å². The molecule has 0 saturated heterocycles. The Balaban J connectivity index is 1.93. The lowest BCUT2D eigenvalue weighted by Crippen LogP contribution is -2.26. The lowest BCUT2D eigenvalue weighted by atomic mass is 10.1. The smallest absolute Gasteiger partial charge is 0.254 e. The number of aliphatic imine (C=N–C) groups is 1. The van der Waals surface area contributed by atoms with Gasteiger partial charge in [0, 0.05) is 23.5 Å². The molecule has 0 saturated carbocycles. The first-order valence-electron chi connectivity index (χ1n) is 7.50. The van der Waals surface area contributed by atoms with E-state index in [4.69, 9.17) is 28.4 Å². The molecule has 25 heavy (non-hydrogen) atoms. The minimum Gasteiger partial charge on any atom is -0.545 e. The number of carbonyl (C=O) groups is 1. The van der Waals surface area contributed by atoms with Crippen LogP contribution in [0.2, 0.25) is 5.02 Å². The van der Waals surface area contributed by atoms with E-state index in [9.17, 15) is 9.90 Å². The first-order chi connectivity index (χ1) is 12.0. The van der Waals surface area contributed by atoms with Crippen LogP contribution in [0.1, 0.15) is 21.5 Å². The molecule has 1 aromatic heterocycles. The maximum absolute atomic E-state index is 11.5. The van der Waals surface area contributed by atoms with E-state index in [1.807, 2.05) is 29.4 Å². The molecule has 0 aliphatic carbocycles. The van der Waals surface area contributed by atoms with E-state index in [-0.39, 0.29) is 22.6 Å². The number of hydrogen-bond acceptors (Lipinski definition) is 5. The Morgan fingerprint density at radius 1 is 1.36 bits per heavy atom. The van der Waals surface area contributed by atoms with Crippen molar-refractivity contribution in [2.75, 3.05) is 11.6 Å². The number of allylic oxidation sites excluding steroid dienone is 1. The summed E-state index contributed by atoms with van der Waals surface area (Å²) in [5.74, 6) is -1.17. The number of fused-ring (bicyclic) bond motifs is 3. The number of rotatable bonds is 2. The van der Waals surface area contributed by atoms with Gasteiger partial charge in [0.2, 0.25) is 0 Å².